The topological polar surface area (TPSA) is 143 Å². The van der Waals surface area contributed by atoms with Gasteiger partial charge in [-0.15, -0.1) is 21.5 Å². The van der Waals surface area contributed by atoms with Gasteiger partial charge in [0.25, 0.3) is 0 Å². The first-order chi connectivity index (χ1) is 19.7. The molecule has 41 heavy (non-hydrogen) atoms. The highest BCUT2D eigenvalue weighted by Gasteiger charge is 2.45. The van der Waals surface area contributed by atoms with Gasteiger partial charge >= 0.3 is 0 Å². The van der Waals surface area contributed by atoms with Crippen LogP contribution in [-0.2, 0) is 9.59 Å². The molecule has 3 N–H and O–H groups in total. The van der Waals surface area contributed by atoms with Crippen LogP contribution >= 0.6 is 34.4 Å². The fourth-order valence-electron chi connectivity index (χ4n) is 5.03. The molecule has 0 bridgehead atoms. The summed E-state index contributed by atoms with van der Waals surface area (Å²) in [4.78, 5) is 28.9. The number of nitrogens with zero attached hydrogens (tertiary/aromatic N) is 4. The SMILES string of the molecule is COc1ccc(NC(=O)CSc2nnc(N3C(N)=C(C#N)C(c4cccs4)C4=C3CC(C)(C)CC4=O)s2)c(OC)c1. The summed E-state index contributed by atoms with van der Waals surface area (Å²) in [5.41, 5.74) is 8.55. The molecule has 0 radical (unpaired) electrons. The van der Waals surface area contributed by atoms with Crippen LogP contribution in [-0.4, -0.2) is 41.9 Å². The number of carbonyl (C=O) groups excluding carboxylic acids is 2. The number of rotatable bonds is 8. The van der Waals surface area contributed by atoms with Crippen LogP contribution in [0.4, 0.5) is 10.8 Å². The van der Waals surface area contributed by atoms with E-state index in [1.165, 1.54) is 41.5 Å². The summed E-state index contributed by atoms with van der Waals surface area (Å²) in [6, 6.07) is 11.2. The van der Waals surface area contributed by atoms with Gasteiger partial charge in [0, 0.05) is 28.6 Å². The van der Waals surface area contributed by atoms with Crippen molar-refractivity contribution in [2.45, 2.75) is 36.9 Å². The number of aromatic nitrogens is 2. The second kappa shape index (κ2) is 11.6. The van der Waals surface area contributed by atoms with E-state index in [9.17, 15) is 14.9 Å². The van der Waals surface area contributed by atoms with Crippen LogP contribution in [0.3, 0.4) is 0 Å². The highest BCUT2D eigenvalue weighted by atomic mass is 32.2. The Kier molecular flexibility index (Phi) is 8.08. The molecule has 0 fully saturated rings. The summed E-state index contributed by atoms with van der Waals surface area (Å²) < 4.78 is 11.1. The molecule has 212 valence electrons. The molecule has 2 aromatic heterocycles. The average molecular weight is 609 g/mol. The number of nitriles is 1. The molecule has 0 spiro atoms. The Balaban J connectivity index is 1.40. The van der Waals surface area contributed by atoms with Gasteiger partial charge in [0.05, 0.1) is 43.2 Å². The third-order valence-electron chi connectivity index (χ3n) is 6.81. The molecule has 1 amide bonds. The lowest BCUT2D eigenvalue weighted by atomic mass is 9.70. The summed E-state index contributed by atoms with van der Waals surface area (Å²) in [5.74, 6) is 0.675. The summed E-state index contributed by atoms with van der Waals surface area (Å²) in [7, 11) is 3.08. The van der Waals surface area contributed by atoms with Crippen LogP contribution in [0.15, 0.2) is 62.7 Å². The van der Waals surface area contributed by atoms with Gasteiger partial charge in [0.15, 0.2) is 10.1 Å². The first-order valence-corrected chi connectivity index (χ1v) is 15.3. The van der Waals surface area contributed by atoms with Crippen LogP contribution in [0, 0.1) is 16.7 Å². The predicted molar refractivity (Wildman–Crippen MR) is 160 cm³/mol. The quantitative estimate of drug-likeness (QED) is 0.324. The molecule has 2 aliphatic rings. The van der Waals surface area contributed by atoms with Gasteiger partial charge < -0.3 is 20.5 Å². The van der Waals surface area contributed by atoms with E-state index in [2.05, 4.69) is 21.6 Å². The van der Waals surface area contributed by atoms with E-state index in [-0.39, 0.29) is 28.7 Å². The summed E-state index contributed by atoms with van der Waals surface area (Å²) >= 11 is 3.98. The number of hydrogen-bond donors (Lipinski definition) is 2. The van der Waals surface area contributed by atoms with Crippen LogP contribution in [0.1, 0.15) is 37.5 Å². The van der Waals surface area contributed by atoms with Crippen molar-refractivity contribution in [2.75, 3.05) is 30.2 Å². The molecule has 1 aromatic carbocycles. The minimum absolute atomic E-state index is 0.00430. The number of ether oxygens (including phenoxy) is 2. The number of thiophene rings is 1. The summed E-state index contributed by atoms with van der Waals surface area (Å²) in [6.45, 7) is 4.09. The van der Waals surface area contributed by atoms with Crippen molar-refractivity contribution in [1.29, 1.82) is 5.26 Å². The fraction of sp³-hybridized carbons (Fsp3) is 0.321. The Labute approximate surface area is 249 Å². The van der Waals surface area contributed by atoms with Crippen molar-refractivity contribution >= 4 is 56.9 Å². The van der Waals surface area contributed by atoms with Crippen molar-refractivity contribution in [3.63, 3.8) is 0 Å². The largest absolute Gasteiger partial charge is 0.497 e. The van der Waals surface area contributed by atoms with Gasteiger partial charge in [0.2, 0.25) is 11.0 Å². The van der Waals surface area contributed by atoms with Gasteiger partial charge in [-0.3, -0.25) is 14.5 Å². The number of amides is 1. The minimum Gasteiger partial charge on any atom is -0.497 e. The molecule has 13 heteroatoms. The molecule has 1 unspecified atom stereocenters. The van der Waals surface area contributed by atoms with Crippen molar-refractivity contribution in [3.05, 3.63) is 63.3 Å². The summed E-state index contributed by atoms with van der Waals surface area (Å²) in [5, 5.41) is 24.0. The van der Waals surface area contributed by atoms with Crippen LogP contribution in [0.25, 0.3) is 0 Å². The molecule has 10 nitrogen and oxygen atoms in total. The Morgan fingerprint density at radius 3 is 2.76 bits per heavy atom. The second-order valence-corrected chi connectivity index (χ2v) is 13.4. The predicted octanol–water partition coefficient (Wildman–Crippen LogP) is 5.29. The Bertz CT molecular complexity index is 1600. The maximum Gasteiger partial charge on any atom is 0.234 e. The van der Waals surface area contributed by atoms with Crippen LogP contribution in [0.2, 0.25) is 0 Å². The second-order valence-electron chi connectivity index (χ2n) is 10.2. The Hall–Kier alpha value is -3.86. The lowest BCUT2D eigenvalue weighted by Crippen LogP contribution is -2.42. The van der Waals surface area contributed by atoms with Crippen LogP contribution < -0.4 is 25.4 Å². The standard InChI is InChI=1S/C28H28N6O4S3/c1-28(2)11-18-24(19(35)12-28)23(21-6-5-9-39-21)16(13-29)25(30)34(18)26-32-33-27(41-26)40-14-22(36)31-17-8-7-15(37-3)10-20(17)38-4/h5-10,23H,11-12,14,30H2,1-4H3,(H,31,36). The smallest absolute Gasteiger partial charge is 0.234 e. The van der Waals surface area contributed by atoms with Gasteiger partial charge in [-0.1, -0.05) is 43.0 Å². The number of thioether (sulfide) groups is 1. The zero-order valence-electron chi connectivity index (χ0n) is 22.9. The lowest BCUT2D eigenvalue weighted by Gasteiger charge is -2.42. The number of hydrogen-bond acceptors (Lipinski definition) is 12. The van der Waals surface area contributed by atoms with Crippen LogP contribution in [0.5, 0.6) is 11.5 Å². The molecule has 1 aliphatic heterocycles. The third-order valence-corrected chi connectivity index (χ3v) is 9.78. The minimum atomic E-state index is -0.504. The molecule has 1 aliphatic carbocycles. The number of nitrogens with two attached hydrogens (primary N) is 1. The molecule has 1 atom stereocenters. The molecular formula is C28H28N6O4S3. The summed E-state index contributed by atoms with van der Waals surface area (Å²) in [6.07, 6.45) is 0.967. The maximum absolute atomic E-state index is 13.6. The van der Waals surface area contributed by atoms with Crippen molar-refractivity contribution < 1.29 is 19.1 Å². The zero-order valence-corrected chi connectivity index (χ0v) is 25.3. The Morgan fingerprint density at radius 1 is 1.27 bits per heavy atom. The number of ketones is 1. The molecule has 3 aromatic rings. The number of benzene rings is 1. The average Bonchev–Trinajstić information content (AvgIpc) is 3.63. The van der Waals surface area contributed by atoms with E-state index in [0.29, 0.717) is 50.6 Å². The van der Waals surface area contributed by atoms with E-state index >= 15 is 0 Å². The van der Waals surface area contributed by atoms with E-state index < -0.39 is 5.92 Å². The molecule has 0 saturated heterocycles. The number of nitrogens with one attached hydrogen (secondary N) is 1. The highest BCUT2D eigenvalue weighted by molar-refractivity contribution is 8.01. The lowest BCUT2D eigenvalue weighted by molar-refractivity contribution is -0.118. The van der Waals surface area contributed by atoms with E-state index in [4.69, 9.17) is 15.2 Å². The number of methoxy groups -OCH3 is 2. The number of anilines is 2. The number of carbonyl (C=O) groups is 2. The van der Waals surface area contributed by atoms with Crippen molar-refractivity contribution in [1.82, 2.24) is 10.2 Å². The highest BCUT2D eigenvalue weighted by Crippen LogP contribution is 2.51. The number of Topliss-reactive ketones (excluding diaryl/α,β-unsaturated/α-hetero) is 1. The molecule has 5 rings (SSSR count). The number of allylic oxidation sites excluding steroid dienone is 3. The molecule has 3 heterocycles. The van der Waals surface area contributed by atoms with Gasteiger partial charge in [-0.2, -0.15) is 5.26 Å². The van der Waals surface area contributed by atoms with E-state index in [1.54, 1.807) is 30.2 Å². The van der Waals surface area contributed by atoms with Crippen molar-refractivity contribution in [3.8, 4) is 17.6 Å². The first kappa shape index (κ1) is 28.7. The van der Waals surface area contributed by atoms with E-state index in [0.717, 1.165) is 10.6 Å². The third kappa shape index (κ3) is 5.68. The van der Waals surface area contributed by atoms with Crippen molar-refractivity contribution in [2.24, 2.45) is 11.1 Å². The van der Waals surface area contributed by atoms with E-state index in [1.807, 2.05) is 31.4 Å². The van der Waals surface area contributed by atoms with Gasteiger partial charge in [0.1, 0.15) is 17.3 Å². The monoisotopic (exact) mass is 608 g/mol. The fourth-order valence-corrected chi connectivity index (χ4v) is 7.56. The van der Waals surface area contributed by atoms with Gasteiger partial charge in [-0.05, 0) is 35.4 Å². The Morgan fingerprint density at radius 2 is 2.07 bits per heavy atom. The normalized spacial score (nSPS) is 18.2. The first-order valence-electron chi connectivity index (χ1n) is 12.6. The molecular weight excluding hydrogens is 581 g/mol. The zero-order chi connectivity index (χ0) is 29.3. The van der Waals surface area contributed by atoms with Gasteiger partial charge in [-0.25, -0.2) is 0 Å². The molecule has 0 saturated carbocycles. The maximum atomic E-state index is 13.6.